The first-order valence-corrected chi connectivity index (χ1v) is 12.3. The summed E-state index contributed by atoms with van der Waals surface area (Å²) in [5, 5.41) is 21.4. The van der Waals surface area contributed by atoms with Gasteiger partial charge in [0.25, 0.3) is 0 Å². The number of ether oxygens (including phenoxy) is 2. The highest BCUT2D eigenvalue weighted by Gasteiger charge is 2.71. The molecular formula is C25H40O4. The van der Waals surface area contributed by atoms with Crippen molar-refractivity contribution in [3.05, 3.63) is 0 Å². The van der Waals surface area contributed by atoms with Crippen LogP contribution in [0.15, 0.2) is 0 Å². The third-order valence-electron chi connectivity index (χ3n) is 8.42. The molecule has 2 N–H and O–H groups in total. The van der Waals surface area contributed by atoms with E-state index in [9.17, 15) is 10.2 Å². The summed E-state index contributed by atoms with van der Waals surface area (Å²) in [5.41, 5.74) is -0.00832. The molecule has 1 aliphatic heterocycles. The fourth-order valence-corrected chi connectivity index (χ4v) is 6.71. The van der Waals surface area contributed by atoms with Crippen LogP contribution in [0.5, 0.6) is 0 Å². The maximum absolute atomic E-state index is 10.8. The van der Waals surface area contributed by atoms with Gasteiger partial charge in [-0.25, -0.2) is 0 Å². The second kappa shape index (κ2) is 9.27. The highest BCUT2D eigenvalue weighted by atomic mass is 16.7. The van der Waals surface area contributed by atoms with Crippen LogP contribution in [0.2, 0.25) is 0 Å². The van der Waals surface area contributed by atoms with Crippen LogP contribution in [0.3, 0.4) is 0 Å². The van der Waals surface area contributed by atoms with E-state index in [4.69, 9.17) is 9.47 Å². The lowest BCUT2D eigenvalue weighted by Crippen LogP contribution is -2.69. The van der Waals surface area contributed by atoms with Crippen molar-refractivity contribution in [1.82, 2.24) is 0 Å². The van der Waals surface area contributed by atoms with E-state index >= 15 is 0 Å². The normalized spacial score (nSPS) is 37.4. The van der Waals surface area contributed by atoms with E-state index in [1.807, 2.05) is 0 Å². The van der Waals surface area contributed by atoms with Crippen LogP contribution in [0.1, 0.15) is 90.4 Å². The second-order valence-corrected chi connectivity index (χ2v) is 9.99. The number of hydrogen-bond donors (Lipinski definition) is 2. The quantitative estimate of drug-likeness (QED) is 0.508. The first-order valence-electron chi connectivity index (χ1n) is 12.3. The summed E-state index contributed by atoms with van der Waals surface area (Å²) in [5.74, 6) is 6.67. The summed E-state index contributed by atoms with van der Waals surface area (Å²) in [7, 11) is 0. The fraction of sp³-hybridized carbons (Fsp3) is 0.920. The van der Waals surface area contributed by atoms with Gasteiger partial charge in [-0.15, -0.1) is 0 Å². The zero-order chi connectivity index (χ0) is 20.3. The molecule has 0 aromatic heterocycles. The van der Waals surface area contributed by atoms with Crippen molar-refractivity contribution in [2.24, 2.45) is 23.2 Å². The molecule has 0 amide bonds. The highest BCUT2D eigenvalue weighted by Crippen LogP contribution is 2.68. The van der Waals surface area contributed by atoms with Gasteiger partial charge in [0, 0.05) is 11.8 Å². The molecule has 29 heavy (non-hydrogen) atoms. The minimum atomic E-state index is -0.545. The molecule has 4 nitrogen and oxygen atoms in total. The molecular weight excluding hydrogens is 364 g/mol. The van der Waals surface area contributed by atoms with Crippen molar-refractivity contribution in [1.29, 1.82) is 0 Å². The number of rotatable bonds is 6. The summed E-state index contributed by atoms with van der Waals surface area (Å²) in [4.78, 5) is 0. The third kappa shape index (κ3) is 4.01. The Labute approximate surface area is 176 Å². The molecule has 4 heteroatoms. The molecule has 4 aliphatic rings. The van der Waals surface area contributed by atoms with Crippen LogP contribution < -0.4 is 0 Å². The van der Waals surface area contributed by atoms with Gasteiger partial charge in [0.1, 0.15) is 6.10 Å². The van der Waals surface area contributed by atoms with Crippen molar-refractivity contribution >= 4 is 0 Å². The first-order chi connectivity index (χ1) is 14.1. The maximum atomic E-state index is 10.8. The maximum Gasteiger partial charge on any atom is 0.174 e. The Bertz CT molecular complexity index is 596. The van der Waals surface area contributed by atoms with Crippen molar-refractivity contribution in [2.45, 2.75) is 108 Å². The smallest absolute Gasteiger partial charge is 0.174 e. The average Bonchev–Trinajstić information content (AvgIpc) is 3.24. The summed E-state index contributed by atoms with van der Waals surface area (Å²) >= 11 is 0. The van der Waals surface area contributed by atoms with Crippen molar-refractivity contribution < 1.29 is 19.7 Å². The first kappa shape index (κ1) is 21.6. The predicted octanol–water partition coefficient (Wildman–Crippen LogP) is 4.42. The van der Waals surface area contributed by atoms with Gasteiger partial charge in [-0.2, -0.15) is 0 Å². The van der Waals surface area contributed by atoms with E-state index in [-0.39, 0.29) is 11.3 Å². The lowest BCUT2D eigenvalue weighted by molar-refractivity contribution is -0.353. The Morgan fingerprint density at radius 3 is 2.52 bits per heavy atom. The van der Waals surface area contributed by atoms with Gasteiger partial charge in [0.2, 0.25) is 0 Å². The molecule has 0 aromatic carbocycles. The molecule has 0 unspecified atom stereocenters. The molecule has 1 spiro atoms. The van der Waals surface area contributed by atoms with Crippen molar-refractivity contribution in [3.63, 3.8) is 0 Å². The molecule has 0 aromatic rings. The molecule has 164 valence electrons. The lowest BCUT2D eigenvalue weighted by Gasteiger charge is -2.65. The zero-order valence-electron chi connectivity index (χ0n) is 18.2. The molecule has 0 radical (unpaired) electrons. The monoisotopic (exact) mass is 404 g/mol. The molecule has 1 saturated heterocycles. The zero-order valence-corrected chi connectivity index (χ0v) is 18.2. The standard InChI is InChI=1S/C25H40O4/c1-2-3-4-8-14-24-15-13-23(27)20(21(24)18-25(24)28-16-17-29-25)11-12-22(26)19-9-6-5-7-10-19/h19-23,26-27H,2-10,13-18H2,1H3/t20-,21-,22-,23-,24+/m1/s1. The van der Waals surface area contributed by atoms with Gasteiger partial charge in [0.05, 0.1) is 25.2 Å². The number of hydrogen-bond acceptors (Lipinski definition) is 4. The molecule has 3 saturated carbocycles. The van der Waals surface area contributed by atoms with Crippen LogP contribution in [-0.4, -0.2) is 41.4 Å². The summed E-state index contributed by atoms with van der Waals surface area (Å²) in [6.45, 7) is 3.61. The third-order valence-corrected chi connectivity index (χ3v) is 8.42. The van der Waals surface area contributed by atoms with Crippen molar-refractivity contribution in [3.8, 4) is 11.8 Å². The molecule has 5 atom stereocenters. The Balaban J connectivity index is 1.49. The summed E-state index contributed by atoms with van der Waals surface area (Å²) in [6.07, 6.45) is 13.5. The Kier molecular flexibility index (Phi) is 6.91. The number of fused-ring (bicyclic) bond motifs is 2. The van der Waals surface area contributed by atoms with Crippen LogP contribution in [0, 0.1) is 35.0 Å². The van der Waals surface area contributed by atoms with Crippen LogP contribution >= 0.6 is 0 Å². The molecule has 1 heterocycles. The number of aliphatic hydroxyl groups is 2. The Morgan fingerprint density at radius 1 is 1.03 bits per heavy atom. The number of aliphatic hydroxyl groups excluding tert-OH is 2. The largest absolute Gasteiger partial charge is 0.392 e. The van der Waals surface area contributed by atoms with E-state index in [0.717, 1.165) is 38.5 Å². The predicted molar refractivity (Wildman–Crippen MR) is 113 cm³/mol. The highest BCUT2D eigenvalue weighted by molar-refractivity contribution is 5.23. The van der Waals surface area contributed by atoms with Gasteiger partial charge in [0.15, 0.2) is 5.79 Å². The van der Waals surface area contributed by atoms with Crippen molar-refractivity contribution in [2.75, 3.05) is 13.2 Å². The number of unbranched alkanes of at least 4 members (excludes halogenated alkanes) is 3. The van der Waals surface area contributed by atoms with E-state index in [1.165, 1.54) is 44.9 Å². The topological polar surface area (TPSA) is 58.9 Å². The Hall–Kier alpha value is -0.600. The average molecular weight is 405 g/mol. The SMILES string of the molecule is CCCCCC[C@]12CC[C@@H](O)[C@H](C#C[C@@H](O)C3CCCCC3)[C@H]1CC21OCCO1. The van der Waals surface area contributed by atoms with E-state index < -0.39 is 18.0 Å². The fourth-order valence-electron chi connectivity index (χ4n) is 6.71. The lowest BCUT2D eigenvalue weighted by atomic mass is 9.44. The van der Waals surface area contributed by atoms with Crippen LogP contribution in [-0.2, 0) is 9.47 Å². The van der Waals surface area contributed by atoms with E-state index in [0.29, 0.717) is 25.0 Å². The Morgan fingerprint density at radius 2 is 1.79 bits per heavy atom. The van der Waals surface area contributed by atoms with Crippen LogP contribution in [0.4, 0.5) is 0 Å². The summed E-state index contributed by atoms with van der Waals surface area (Å²) < 4.78 is 12.4. The minimum Gasteiger partial charge on any atom is -0.392 e. The molecule has 4 rings (SSSR count). The molecule has 4 fully saturated rings. The van der Waals surface area contributed by atoms with Gasteiger partial charge in [-0.1, -0.05) is 63.7 Å². The second-order valence-electron chi connectivity index (χ2n) is 9.99. The van der Waals surface area contributed by atoms with Gasteiger partial charge in [-0.05, 0) is 43.9 Å². The van der Waals surface area contributed by atoms with Crippen LogP contribution in [0.25, 0.3) is 0 Å². The summed E-state index contributed by atoms with van der Waals surface area (Å²) in [6, 6.07) is 0. The van der Waals surface area contributed by atoms with E-state index in [2.05, 4.69) is 18.8 Å². The minimum absolute atomic E-state index is 0.00832. The molecule has 0 bridgehead atoms. The molecule has 3 aliphatic carbocycles. The van der Waals surface area contributed by atoms with Gasteiger partial charge >= 0.3 is 0 Å². The van der Waals surface area contributed by atoms with Gasteiger partial charge < -0.3 is 19.7 Å². The van der Waals surface area contributed by atoms with E-state index in [1.54, 1.807) is 0 Å². The van der Waals surface area contributed by atoms with Gasteiger partial charge in [-0.3, -0.25) is 0 Å².